The summed E-state index contributed by atoms with van der Waals surface area (Å²) < 4.78 is 11.4. The van der Waals surface area contributed by atoms with Crippen LogP contribution < -0.4 is 25.2 Å². The Morgan fingerprint density at radius 2 is 1.91 bits per heavy atom. The quantitative estimate of drug-likeness (QED) is 0.213. The Hall–Kier alpha value is -4.71. The molecule has 5 rings (SSSR count). The normalized spacial score (nSPS) is 17.0. The number of ether oxygens (including phenoxy) is 2. The highest BCUT2D eigenvalue weighted by atomic mass is 16.5. The van der Waals surface area contributed by atoms with Gasteiger partial charge in [-0.05, 0) is 72.0 Å². The SMILES string of the molecule is C=CC(=O)Nc1cc(Nc2ncc(C(=O)OC(C)C)c(N3CC(C)(C)c4nc(C)ccc43)n2)c(OC)cc1N1CCC[C@H](N(C)C)C1. The monoisotopic (exact) mass is 642 g/mol. The van der Waals surface area contributed by atoms with E-state index in [1.165, 1.54) is 12.3 Å². The number of carbonyl (C=O) groups excluding carboxylic acids is 2. The number of hydrogen-bond donors (Lipinski definition) is 2. The van der Waals surface area contributed by atoms with Crippen molar-refractivity contribution >= 4 is 46.4 Å². The fourth-order valence-electron chi connectivity index (χ4n) is 6.17. The molecule has 0 bridgehead atoms. The lowest BCUT2D eigenvalue weighted by atomic mass is 9.91. The van der Waals surface area contributed by atoms with Crippen LogP contribution in [0.4, 0.5) is 34.5 Å². The standard InChI is InChI=1S/C35H46N8O4/c1-10-30(44)38-25-16-26(29(46-9)17-28(25)42-15-11-12-23(19-42)41(7)8)39-34-36-18-24(33(45)47-21(2)3)32(40-34)43-20-35(5,6)31-27(43)14-13-22(4)37-31/h10,13-14,16-18,21,23H,1,11-12,15,19-20H2,2-9H3,(H,38,44)(H,36,39,40)/t23-/m0/s1. The fourth-order valence-corrected chi connectivity index (χ4v) is 6.17. The van der Waals surface area contributed by atoms with Crippen molar-refractivity contribution in [3.8, 4) is 5.75 Å². The highest BCUT2D eigenvalue weighted by Gasteiger charge is 2.40. The van der Waals surface area contributed by atoms with Gasteiger partial charge in [-0.3, -0.25) is 9.78 Å². The molecular formula is C35H46N8O4. The van der Waals surface area contributed by atoms with E-state index in [2.05, 4.69) is 59.9 Å². The summed E-state index contributed by atoms with van der Waals surface area (Å²) in [5, 5.41) is 6.27. The predicted molar refractivity (Wildman–Crippen MR) is 186 cm³/mol. The zero-order chi connectivity index (χ0) is 34.0. The lowest BCUT2D eigenvalue weighted by molar-refractivity contribution is -0.111. The van der Waals surface area contributed by atoms with Gasteiger partial charge in [-0.2, -0.15) is 4.98 Å². The number of hydrogen-bond acceptors (Lipinski definition) is 11. The third-order valence-electron chi connectivity index (χ3n) is 8.56. The lowest BCUT2D eigenvalue weighted by Gasteiger charge is -2.38. The van der Waals surface area contributed by atoms with Crippen LogP contribution in [0.5, 0.6) is 5.75 Å². The Bertz CT molecular complexity index is 1670. The van der Waals surface area contributed by atoms with Crippen molar-refractivity contribution in [1.82, 2.24) is 19.9 Å². The van der Waals surface area contributed by atoms with Crippen molar-refractivity contribution in [2.75, 3.05) is 61.3 Å². The number of anilines is 6. The third-order valence-corrected chi connectivity index (χ3v) is 8.56. The number of amides is 1. The van der Waals surface area contributed by atoms with E-state index in [1.807, 2.05) is 36.1 Å². The zero-order valence-electron chi connectivity index (χ0n) is 28.7. The smallest absolute Gasteiger partial charge is 0.343 e. The molecule has 250 valence electrons. The summed E-state index contributed by atoms with van der Waals surface area (Å²) in [5.41, 5.74) is 4.67. The maximum atomic E-state index is 13.3. The van der Waals surface area contributed by atoms with Crippen molar-refractivity contribution < 1.29 is 19.1 Å². The van der Waals surface area contributed by atoms with Crippen molar-refractivity contribution in [1.29, 1.82) is 0 Å². The second-order valence-electron chi connectivity index (χ2n) is 13.3. The van der Waals surface area contributed by atoms with Crippen molar-refractivity contribution in [2.45, 2.75) is 65.0 Å². The molecule has 1 saturated heterocycles. The summed E-state index contributed by atoms with van der Waals surface area (Å²) in [6.45, 7) is 15.7. The van der Waals surface area contributed by atoms with Gasteiger partial charge >= 0.3 is 5.97 Å². The van der Waals surface area contributed by atoms with Crippen LogP contribution in [0.25, 0.3) is 0 Å². The van der Waals surface area contributed by atoms with E-state index < -0.39 is 5.97 Å². The molecule has 0 unspecified atom stereocenters. The molecule has 0 saturated carbocycles. The van der Waals surface area contributed by atoms with Crippen LogP contribution in [-0.2, 0) is 14.9 Å². The lowest BCUT2D eigenvalue weighted by Crippen LogP contribution is -2.45. The van der Waals surface area contributed by atoms with Crippen LogP contribution in [0.15, 0.2) is 43.1 Å². The zero-order valence-corrected chi connectivity index (χ0v) is 28.7. The van der Waals surface area contributed by atoms with Gasteiger partial charge in [-0.1, -0.05) is 20.4 Å². The largest absolute Gasteiger partial charge is 0.494 e. The first-order chi connectivity index (χ1) is 22.3. The van der Waals surface area contributed by atoms with E-state index in [1.54, 1.807) is 21.0 Å². The first kappa shape index (κ1) is 33.6. The number of esters is 1. The highest BCUT2D eigenvalue weighted by molar-refractivity contribution is 6.02. The Balaban J connectivity index is 1.58. The highest BCUT2D eigenvalue weighted by Crippen LogP contribution is 2.44. The number of aryl methyl sites for hydroxylation is 1. The summed E-state index contributed by atoms with van der Waals surface area (Å²) >= 11 is 0. The maximum Gasteiger partial charge on any atom is 0.343 e. The molecule has 2 aliphatic rings. The first-order valence-electron chi connectivity index (χ1n) is 16.0. The van der Waals surface area contributed by atoms with Gasteiger partial charge in [0, 0.05) is 49.0 Å². The van der Waals surface area contributed by atoms with Gasteiger partial charge in [0.1, 0.15) is 11.3 Å². The Kier molecular flexibility index (Phi) is 9.71. The summed E-state index contributed by atoms with van der Waals surface area (Å²) in [4.78, 5) is 46.6. The van der Waals surface area contributed by atoms with E-state index in [0.29, 0.717) is 35.5 Å². The molecule has 2 N–H and O–H groups in total. The summed E-state index contributed by atoms with van der Waals surface area (Å²) in [5.74, 6) is 0.356. The van der Waals surface area contributed by atoms with Crippen LogP contribution in [0.1, 0.15) is 62.3 Å². The molecule has 12 nitrogen and oxygen atoms in total. The summed E-state index contributed by atoms with van der Waals surface area (Å²) in [6, 6.07) is 8.08. The maximum absolute atomic E-state index is 13.3. The fraction of sp³-hybridized carbons (Fsp3) is 0.457. The number of fused-ring (bicyclic) bond motifs is 1. The third kappa shape index (κ3) is 7.17. The Labute approximate surface area is 277 Å². The van der Waals surface area contributed by atoms with Crippen LogP contribution in [-0.4, -0.2) is 84.7 Å². The minimum Gasteiger partial charge on any atom is -0.494 e. The van der Waals surface area contributed by atoms with E-state index >= 15 is 0 Å². The number of likely N-dealkylation sites (N-methyl/N-ethyl adjacent to an activating group) is 1. The van der Waals surface area contributed by atoms with Crippen LogP contribution in [0, 0.1) is 6.92 Å². The number of aromatic nitrogens is 3. The molecule has 2 aliphatic heterocycles. The Morgan fingerprint density at radius 3 is 2.60 bits per heavy atom. The van der Waals surface area contributed by atoms with Crippen LogP contribution in [0.2, 0.25) is 0 Å². The molecule has 0 aliphatic carbocycles. The molecule has 0 radical (unpaired) electrons. The van der Waals surface area contributed by atoms with Gasteiger partial charge < -0.3 is 34.8 Å². The summed E-state index contributed by atoms with van der Waals surface area (Å²) in [7, 11) is 5.77. The number of pyridine rings is 1. The van der Waals surface area contributed by atoms with Gasteiger partial charge in [0.05, 0.1) is 41.7 Å². The molecule has 1 fully saturated rings. The molecule has 2 aromatic heterocycles. The van der Waals surface area contributed by atoms with Gasteiger partial charge in [-0.25, -0.2) is 9.78 Å². The van der Waals surface area contributed by atoms with Gasteiger partial charge in [0.2, 0.25) is 11.9 Å². The molecule has 1 aromatic carbocycles. The summed E-state index contributed by atoms with van der Waals surface area (Å²) in [6.07, 6.45) is 4.53. The molecule has 47 heavy (non-hydrogen) atoms. The number of methoxy groups -OCH3 is 1. The van der Waals surface area contributed by atoms with Gasteiger partial charge in [-0.15, -0.1) is 0 Å². The number of rotatable bonds is 10. The molecule has 0 spiro atoms. The van der Waals surface area contributed by atoms with E-state index in [9.17, 15) is 9.59 Å². The molecule has 1 atom stereocenters. The van der Waals surface area contributed by atoms with Crippen molar-refractivity contribution in [2.24, 2.45) is 0 Å². The van der Waals surface area contributed by atoms with E-state index in [0.717, 1.165) is 48.7 Å². The van der Waals surface area contributed by atoms with Crippen LogP contribution >= 0.6 is 0 Å². The Morgan fingerprint density at radius 1 is 1.15 bits per heavy atom. The molecule has 12 heteroatoms. The molecule has 1 amide bonds. The minimum atomic E-state index is -0.512. The number of benzene rings is 1. The average Bonchev–Trinajstić information content (AvgIpc) is 3.30. The number of carbonyl (C=O) groups is 2. The van der Waals surface area contributed by atoms with Crippen LogP contribution in [0.3, 0.4) is 0 Å². The average molecular weight is 643 g/mol. The van der Waals surface area contributed by atoms with E-state index in [-0.39, 0.29) is 28.9 Å². The van der Waals surface area contributed by atoms with Crippen molar-refractivity contribution in [3.63, 3.8) is 0 Å². The number of nitrogens with one attached hydrogen (secondary N) is 2. The number of nitrogens with zero attached hydrogens (tertiary/aromatic N) is 6. The first-order valence-corrected chi connectivity index (χ1v) is 16.0. The van der Waals surface area contributed by atoms with Gasteiger partial charge in [0.25, 0.3) is 0 Å². The van der Waals surface area contributed by atoms with E-state index in [4.69, 9.17) is 19.4 Å². The molecule has 4 heterocycles. The molecule has 3 aromatic rings. The number of piperidine rings is 1. The molecular weight excluding hydrogens is 596 g/mol. The topological polar surface area (TPSA) is 125 Å². The predicted octanol–water partition coefficient (Wildman–Crippen LogP) is 5.58. The minimum absolute atomic E-state index is 0.241. The second kappa shape index (κ2) is 13.6. The van der Waals surface area contributed by atoms with Crippen molar-refractivity contribution in [3.05, 3.63) is 60.1 Å². The van der Waals surface area contributed by atoms with Gasteiger partial charge in [0.15, 0.2) is 5.82 Å². The second-order valence-corrected chi connectivity index (χ2v) is 13.3.